The molecule has 0 aliphatic carbocycles. The summed E-state index contributed by atoms with van der Waals surface area (Å²) in [5.41, 5.74) is 3.94. The Balaban J connectivity index is 1.73. The van der Waals surface area contributed by atoms with E-state index < -0.39 is 0 Å². The number of ether oxygens (including phenoxy) is 1. The summed E-state index contributed by atoms with van der Waals surface area (Å²) in [7, 11) is 0. The van der Waals surface area contributed by atoms with Gasteiger partial charge in [0, 0.05) is 24.1 Å². The van der Waals surface area contributed by atoms with Crippen molar-refractivity contribution in [3.05, 3.63) is 76.7 Å². The quantitative estimate of drug-likeness (QED) is 0.486. The highest BCUT2D eigenvalue weighted by Crippen LogP contribution is 2.48. The number of rotatable bonds is 4. The molecule has 0 saturated carbocycles. The number of fused-ring (bicyclic) bond motifs is 1. The van der Waals surface area contributed by atoms with Crippen LogP contribution in [-0.4, -0.2) is 65.1 Å². The molecule has 1 fully saturated rings. The zero-order valence-corrected chi connectivity index (χ0v) is 23.1. The van der Waals surface area contributed by atoms with Crippen molar-refractivity contribution in [1.82, 2.24) is 14.7 Å². The average Bonchev–Trinajstić information content (AvgIpc) is 3.22. The molecule has 0 N–H and O–H groups in total. The smallest absolute Gasteiger partial charge is 0.242 e. The summed E-state index contributed by atoms with van der Waals surface area (Å²) in [4.78, 5) is 30.5. The SMILES string of the molecule is Cc1ccc(-n2nc(C(C)(C)C)c3c2N(CC(=O)N2CCOCC2)C(=O)CS[C@@H]3c2cccc(F)c2)cc1. The van der Waals surface area contributed by atoms with Crippen molar-refractivity contribution >= 4 is 29.4 Å². The van der Waals surface area contributed by atoms with Gasteiger partial charge >= 0.3 is 0 Å². The van der Waals surface area contributed by atoms with Gasteiger partial charge in [-0.05, 0) is 36.8 Å². The zero-order chi connectivity index (χ0) is 27.0. The van der Waals surface area contributed by atoms with Gasteiger partial charge in [0.15, 0.2) is 0 Å². The highest BCUT2D eigenvalue weighted by atomic mass is 32.2. The number of amides is 2. The van der Waals surface area contributed by atoms with Gasteiger partial charge in [-0.1, -0.05) is 50.6 Å². The van der Waals surface area contributed by atoms with Gasteiger partial charge in [0.25, 0.3) is 0 Å². The zero-order valence-electron chi connectivity index (χ0n) is 22.2. The lowest BCUT2D eigenvalue weighted by Gasteiger charge is -2.30. The number of aromatic nitrogens is 2. The van der Waals surface area contributed by atoms with Gasteiger partial charge in [-0.2, -0.15) is 5.10 Å². The number of hydrogen-bond donors (Lipinski definition) is 0. The Morgan fingerprint density at radius 2 is 1.84 bits per heavy atom. The fraction of sp³-hybridized carbons (Fsp3) is 0.414. The maximum absolute atomic E-state index is 14.4. The van der Waals surface area contributed by atoms with Crippen LogP contribution in [0.4, 0.5) is 10.2 Å². The van der Waals surface area contributed by atoms with Gasteiger partial charge < -0.3 is 9.64 Å². The highest BCUT2D eigenvalue weighted by Gasteiger charge is 2.40. The topological polar surface area (TPSA) is 67.7 Å². The third-order valence-corrected chi connectivity index (χ3v) is 8.14. The largest absolute Gasteiger partial charge is 0.378 e. The Kier molecular flexibility index (Phi) is 7.33. The summed E-state index contributed by atoms with van der Waals surface area (Å²) in [5.74, 6) is 0.0951. The minimum atomic E-state index is -0.376. The van der Waals surface area contributed by atoms with E-state index in [1.54, 1.807) is 20.5 Å². The summed E-state index contributed by atoms with van der Waals surface area (Å²) in [6, 6.07) is 14.5. The fourth-order valence-corrected chi connectivity index (χ4v) is 6.11. The molecule has 0 radical (unpaired) electrons. The molecule has 0 unspecified atom stereocenters. The van der Waals surface area contributed by atoms with E-state index >= 15 is 0 Å². The summed E-state index contributed by atoms with van der Waals surface area (Å²) >= 11 is 1.45. The number of hydrogen-bond acceptors (Lipinski definition) is 5. The minimum Gasteiger partial charge on any atom is -0.378 e. The normalized spacial score (nSPS) is 18.3. The first-order chi connectivity index (χ1) is 18.1. The molecule has 2 aromatic carbocycles. The fourth-order valence-electron chi connectivity index (χ4n) is 4.92. The highest BCUT2D eigenvalue weighted by molar-refractivity contribution is 8.00. The molecule has 1 atom stereocenters. The molecule has 2 aliphatic rings. The first kappa shape index (κ1) is 26.4. The number of carbonyl (C=O) groups is 2. The molecule has 3 heterocycles. The molecule has 2 amide bonds. The van der Waals surface area contributed by atoms with Crippen LogP contribution in [0.3, 0.4) is 0 Å². The maximum atomic E-state index is 14.4. The van der Waals surface area contributed by atoms with Crippen molar-refractivity contribution in [2.75, 3.05) is 43.5 Å². The molecule has 9 heteroatoms. The first-order valence-electron chi connectivity index (χ1n) is 12.9. The molecule has 7 nitrogen and oxygen atoms in total. The third kappa shape index (κ3) is 5.22. The maximum Gasteiger partial charge on any atom is 0.242 e. The Morgan fingerprint density at radius 3 is 2.50 bits per heavy atom. The lowest BCUT2D eigenvalue weighted by Crippen LogP contribution is -2.48. The van der Waals surface area contributed by atoms with Crippen LogP contribution in [-0.2, 0) is 19.7 Å². The molecule has 5 rings (SSSR count). The molecule has 1 saturated heterocycles. The van der Waals surface area contributed by atoms with Crippen LogP contribution in [0.5, 0.6) is 0 Å². The van der Waals surface area contributed by atoms with Gasteiger partial charge in [-0.15, -0.1) is 11.8 Å². The van der Waals surface area contributed by atoms with Crippen LogP contribution in [0.25, 0.3) is 5.69 Å². The number of thioether (sulfide) groups is 1. The number of anilines is 1. The number of halogens is 1. The molecule has 2 aliphatic heterocycles. The lowest BCUT2D eigenvalue weighted by atomic mass is 9.87. The Labute approximate surface area is 226 Å². The van der Waals surface area contributed by atoms with Gasteiger partial charge in [0.2, 0.25) is 11.8 Å². The van der Waals surface area contributed by atoms with E-state index in [0.717, 1.165) is 28.1 Å². The summed E-state index contributed by atoms with van der Waals surface area (Å²) in [6.07, 6.45) is 0. The minimum absolute atomic E-state index is 0.0938. The van der Waals surface area contributed by atoms with E-state index in [1.165, 1.54) is 23.9 Å². The predicted molar refractivity (Wildman–Crippen MR) is 147 cm³/mol. The number of benzene rings is 2. The third-order valence-electron chi connectivity index (χ3n) is 6.89. The second-order valence-electron chi connectivity index (χ2n) is 10.8. The number of aryl methyl sites for hydroxylation is 1. The Hall–Kier alpha value is -3.17. The summed E-state index contributed by atoms with van der Waals surface area (Å²) in [6.45, 7) is 10.1. The van der Waals surface area contributed by atoms with E-state index in [0.29, 0.717) is 32.1 Å². The van der Waals surface area contributed by atoms with Gasteiger partial charge in [-0.25, -0.2) is 9.07 Å². The van der Waals surface area contributed by atoms with E-state index in [2.05, 4.69) is 20.8 Å². The van der Waals surface area contributed by atoms with Gasteiger partial charge in [0.05, 0.1) is 35.6 Å². The summed E-state index contributed by atoms with van der Waals surface area (Å²) in [5, 5.41) is 4.75. The van der Waals surface area contributed by atoms with Crippen LogP contribution in [0.15, 0.2) is 48.5 Å². The Morgan fingerprint density at radius 1 is 1.13 bits per heavy atom. The molecule has 200 valence electrons. The van der Waals surface area contributed by atoms with Crippen molar-refractivity contribution in [2.24, 2.45) is 0 Å². The van der Waals surface area contributed by atoms with Gasteiger partial charge in [-0.3, -0.25) is 14.5 Å². The van der Waals surface area contributed by atoms with Crippen molar-refractivity contribution in [3.63, 3.8) is 0 Å². The van der Waals surface area contributed by atoms with Crippen molar-refractivity contribution in [3.8, 4) is 5.69 Å². The summed E-state index contributed by atoms with van der Waals surface area (Å²) < 4.78 is 21.6. The molecule has 1 aromatic heterocycles. The van der Waals surface area contributed by atoms with Crippen LogP contribution in [0.2, 0.25) is 0 Å². The molecular weight excluding hydrogens is 503 g/mol. The molecule has 38 heavy (non-hydrogen) atoms. The molecule has 0 bridgehead atoms. The molecule has 3 aromatic rings. The number of nitrogens with zero attached hydrogens (tertiary/aromatic N) is 4. The van der Waals surface area contributed by atoms with Crippen LogP contribution < -0.4 is 4.90 Å². The second kappa shape index (κ2) is 10.5. The van der Waals surface area contributed by atoms with Crippen molar-refractivity contribution < 1.29 is 18.7 Å². The Bertz CT molecular complexity index is 1340. The van der Waals surface area contributed by atoms with Gasteiger partial charge in [0.1, 0.15) is 18.2 Å². The number of morpholine rings is 1. The van der Waals surface area contributed by atoms with E-state index in [-0.39, 0.29) is 40.6 Å². The monoisotopic (exact) mass is 536 g/mol. The van der Waals surface area contributed by atoms with E-state index in [9.17, 15) is 14.0 Å². The van der Waals surface area contributed by atoms with Crippen molar-refractivity contribution in [2.45, 2.75) is 38.4 Å². The van der Waals surface area contributed by atoms with E-state index in [4.69, 9.17) is 9.84 Å². The molecular formula is C29H33FN4O3S. The van der Waals surface area contributed by atoms with Crippen molar-refractivity contribution in [1.29, 1.82) is 0 Å². The predicted octanol–water partition coefficient (Wildman–Crippen LogP) is 4.65. The van der Waals surface area contributed by atoms with E-state index in [1.807, 2.05) is 37.3 Å². The van der Waals surface area contributed by atoms with Crippen LogP contribution in [0, 0.1) is 12.7 Å². The van der Waals surface area contributed by atoms with Crippen LogP contribution in [0.1, 0.15) is 48.4 Å². The lowest BCUT2D eigenvalue weighted by molar-refractivity contribution is -0.134. The molecule has 0 spiro atoms. The second-order valence-corrected chi connectivity index (χ2v) is 11.9. The average molecular weight is 537 g/mol. The standard InChI is InChI=1S/C29H33FN4O3S/c1-19-8-10-22(11-9-19)34-28-25(27(31-34)29(2,3)4)26(20-6-5-7-21(30)16-20)38-18-24(36)33(28)17-23(35)32-12-14-37-15-13-32/h5-11,16,26H,12-15,17-18H2,1-4H3/t26-/m1/s1. The van der Waals surface area contributed by atoms with Crippen LogP contribution >= 0.6 is 11.8 Å². The first-order valence-corrected chi connectivity index (χ1v) is 13.9. The number of carbonyl (C=O) groups excluding carboxylic acids is 2.